The van der Waals surface area contributed by atoms with Gasteiger partial charge in [0.15, 0.2) is 0 Å². The second-order valence-corrected chi connectivity index (χ2v) is 6.36. The van der Waals surface area contributed by atoms with Crippen LogP contribution in [0, 0.1) is 5.82 Å². The highest BCUT2D eigenvalue weighted by atomic mass is 35.5. The molecule has 1 aliphatic heterocycles. The zero-order valence-electron chi connectivity index (χ0n) is 13.4. The number of benzene rings is 2. The van der Waals surface area contributed by atoms with Gasteiger partial charge >= 0.3 is 0 Å². The monoisotopic (exact) mass is 390 g/mol. The summed E-state index contributed by atoms with van der Waals surface area (Å²) < 4.78 is 13.1. The number of anilines is 1. The van der Waals surface area contributed by atoms with E-state index in [0.29, 0.717) is 16.3 Å². The molecule has 2 aromatic carbocycles. The molecule has 0 bridgehead atoms. The molecule has 0 aliphatic carbocycles. The Hall–Kier alpha value is -2.63. The van der Waals surface area contributed by atoms with Crippen LogP contribution in [0.5, 0.6) is 0 Å². The molecule has 0 saturated heterocycles. The third kappa shape index (κ3) is 3.36. The number of amides is 2. The third-order valence-corrected chi connectivity index (χ3v) is 4.34. The van der Waals surface area contributed by atoms with Gasteiger partial charge in [-0.2, -0.15) is 0 Å². The Morgan fingerprint density at radius 2 is 1.77 bits per heavy atom. The van der Waals surface area contributed by atoms with E-state index in [9.17, 15) is 14.0 Å². The van der Waals surface area contributed by atoms with Crippen LogP contribution < -0.4 is 5.32 Å². The molecule has 0 saturated carbocycles. The normalized spacial score (nSPS) is 14.2. The maximum atomic E-state index is 13.1. The molecule has 1 aliphatic rings. The topological polar surface area (TPSA) is 49.4 Å². The molecule has 1 heterocycles. The van der Waals surface area contributed by atoms with Crippen molar-refractivity contribution in [3.05, 3.63) is 82.2 Å². The van der Waals surface area contributed by atoms with Gasteiger partial charge in [-0.1, -0.05) is 35.3 Å². The van der Waals surface area contributed by atoms with Gasteiger partial charge in [-0.25, -0.2) is 4.39 Å². The van der Waals surface area contributed by atoms with Gasteiger partial charge in [0, 0.05) is 22.8 Å². The molecule has 1 N–H and O–H groups in total. The average molecular weight is 391 g/mol. The van der Waals surface area contributed by atoms with E-state index in [-0.39, 0.29) is 22.8 Å². The van der Waals surface area contributed by atoms with Gasteiger partial charge in [0.05, 0.1) is 10.6 Å². The van der Waals surface area contributed by atoms with E-state index in [1.54, 1.807) is 12.1 Å². The van der Waals surface area contributed by atoms with Crippen molar-refractivity contribution in [1.82, 2.24) is 4.90 Å². The van der Waals surface area contributed by atoms with Gasteiger partial charge in [-0.15, -0.1) is 6.58 Å². The fourth-order valence-electron chi connectivity index (χ4n) is 2.61. The number of hydrogen-bond acceptors (Lipinski definition) is 3. The van der Waals surface area contributed by atoms with Gasteiger partial charge in [0.1, 0.15) is 11.5 Å². The van der Waals surface area contributed by atoms with E-state index < -0.39 is 17.6 Å². The van der Waals surface area contributed by atoms with Crippen molar-refractivity contribution in [3.63, 3.8) is 0 Å². The predicted octanol–water partition coefficient (Wildman–Crippen LogP) is 4.51. The Balaban J connectivity index is 2.12. The zero-order valence-corrected chi connectivity index (χ0v) is 14.9. The van der Waals surface area contributed by atoms with Crippen molar-refractivity contribution in [3.8, 4) is 0 Å². The minimum absolute atomic E-state index is 0.0565. The summed E-state index contributed by atoms with van der Waals surface area (Å²) in [6.07, 6.45) is 1.46. The molecule has 0 unspecified atom stereocenters. The zero-order chi connectivity index (χ0) is 18.8. The Morgan fingerprint density at radius 1 is 1.08 bits per heavy atom. The molecule has 3 rings (SSSR count). The number of nitrogens with one attached hydrogen (secondary N) is 1. The molecule has 0 aromatic heterocycles. The highest BCUT2D eigenvalue weighted by molar-refractivity contribution is 6.41. The first kappa shape index (κ1) is 18.2. The van der Waals surface area contributed by atoms with Gasteiger partial charge in [-0.05, 0) is 36.4 Å². The molecule has 2 amide bonds. The number of nitrogens with zero attached hydrogens (tertiary/aromatic N) is 1. The minimum Gasteiger partial charge on any atom is -0.350 e. The standard InChI is InChI=1S/C19H13Cl2FN2O2/c1-2-9-24-18(25)16(14-8-3-11(20)10-15(14)21)17(19(24)26)23-13-6-4-12(22)5-7-13/h2-8,10,23H,1,9H2. The number of hydrogen-bond donors (Lipinski definition) is 1. The lowest BCUT2D eigenvalue weighted by Crippen LogP contribution is -2.32. The summed E-state index contributed by atoms with van der Waals surface area (Å²) >= 11 is 12.2. The van der Waals surface area contributed by atoms with Gasteiger partial charge in [0.25, 0.3) is 11.8 Å². The number of carbonyl (C=O) groups is 2. The molecule has 0 radical (unpaired) electrons. The third-order valence-electron chi connectivity index (χ3n) is 3.79. The Kier molecular flexibility index (Phi) is 5.11. The number of halogens is 3. The van der Waals surface area contributed by atoms with E-state index in [2.05, 4.69) is 11.9 Å². The summed E-state index contributed by atoms with van der Waals surface area (Å²) in [6.45, 7) is 3.63. The van der Waals surface area contributed by atoms with Crippen LogP contribution >= 0.6 is 23.2 Å². The summed E-state index contributed by atoms with van der Waals surface area (Å²) in [5.74, 6) is -1.42. The van der Waals surface area contributed by atoms with E-state index in [4.69, 9.17) is 23.2 Å². The summed E-state index contributed by atoms with van der Waals surface area (Å²) in [6, 6.07) is 10.1. The minimum atomic E-state index is -0.514. The van der Waals surface area contributed by atoms with Crippen molar-refractivity contribution in [1.29, 1.82) is 0 Å². The maximum Gasteiger partial charge on any atom is 0.278 e. The smallest absolute Gasteiger partial charge is 0.278 e. The number of imide groups is 1. The van der Waals surface area contributed by atoms with Crippen LogP contribution in [0.25, 0.3) is 5.57 Å². The van der Waals surface area contributed by atoms with E-state index >= 15 is 0 Å². The molecule has 2 aromatic rings. The number of carbonyl (C=O) groups excluding carboxylic acids is 2. The second kappa shape index (κ2) is 7.32. The predicted molar refractivity (Wildman–Crippen MR) is 100 cm³/mol. The van der Waals surface area contributed by atoms with Gasteiger partial charge in [-0.3, -0.25) is 14.5 Å². The fraction of sp³-hybridized carbons (Fsp3) is 0.0526. The lowest BCUT2D eigenvalue weighted by molar-refractivity contribution is -0.136. The van der Waals surface area contributed by atoms with Crippen LogP contribution in [0.2, 0.25) is 10.0 Å². The lowest BCUT2D eigenvalue weighted by Gasteiger charge is -2.12. The molecule has 0 fully saturated rings. The quantitative estimate of drug-likeness (QED) is 0.603. The summed E-state index contributed by atoms with van der Waals surface area (Å²) in [5.41, 5.74) is 1.03. The van der Waals surface area contributed by atoms with Crippen molar-refractivity contribution in [2.75, 3.05) is 11.9 Å². The van der Waals surface area contributed by atoms with Crippen LogP contribution in [0.1, 0.15) is 5.56 Å². The molecule has 0 spiro atoms. The van der Waals surface area contributed by atoms with Crippen molar-refractivity contribution >= 4 is 46.3 Å². The summed E-state index contributed by atoms with van der Waals surface area (Å²) in [7, 11) is 0. The Morgan fingerprint density at radius 3 is 2.38 bits per heavy atom. The molecule has 7 heteroatoms. The summed E-state index contributed by atoms with van der Waals surface area (Å²) in [4.78, 5) is 26.6. The van der Waals surface area contributed by atoms with Gasteiger partial charge in [0.2, 0.25) is 0 Å². The van der Waals surface area contributed by atoms with E-state index in [0.717, 1.165) is 4.90 Å². The highest BCUT2D eigenvalue weighted by Crippen LogP contribution is 2.35. The lowest BCUT2D eigenvalue weighted by atomic mass is 10.0. The van der Waals surface area contributed by atoms with Crippen molar-refractivity contribution in [2.45, 2.75) is 0 Å². The van der Waals surface area contributed by atoms with Crippen LogP contribution in [-0.2, 0) is 9.59 Å². The van der Waals surface area contributed by atoms with E-state index in [1.807, 2.05) is 0 Å². The number of rotatable bonds is 5. The Bertz CT molecular complexity index is 939. The SMILES string of the molecule is C=CCN1C(=O)C(Nc2ccc(F)cc2)=C(c2ccc(Cl)cc2Cl)C1=O. The Labute approximate surface area is 159 Å². The first-order valence-corrected chi connectivity index (χ1v) is 8.37. The highest BCUT2D eigenvalue weighted by Gasteiger charge is 2.39. The van der Waals surface area contributed by atoms with Crippen LogP contribution in [0.4, 0.5) is 10.1 Å². The van der Waals surface area contributed by atoms with Crippen LogP contribution in [0.15, 0.2) is 60.8 Å². The van der Waals surface area contributed by atoms with Crippen molar-refractivity contribution < 1.29 is 14.0 Å². The average Bonchev–Trinajstić information content (AvgIpc) is 2.82. The van der Waals surface area contributed by atoms with Crippen LogP contribution in [-0.4, -0.2) is 23.3 Å². The molecule has 4 nitrogen and oxygen atoms in total. The first-order chi connectivity index (χ1) is 12.4. The van der Waals surface area contributed by atoms with E-state index in [1.165, 1.54) is 36.4 Å². The van der Waals surface area contributed by atoms with Crippen molar-refractivity contribution in [2.24, 2.45) is 0 Å². The molecule has 0 atom stereocenters. The second-order valence-electron chi connectivity index (χ2n) is 5.52. The fourth-order valence-corrected chi connectivity index (χ4v) is 3.11. The maximum absolute atomic E-state index is 13.1. The molecular weight excluding hydrogens is 378 g/mol. The van der Waals surface area contributed by atoms with Crippen LogP contribution in [0.3, 0.4) is 0 Å². The first-order valence-electron chi connectivity index (χ1n) is 7.61. The largest absolute Gasteiger partial charge is 0.350 e. The van der Waals surface area contributed by atoms with Gasteiger partial charge < -0.3 is 5.32 Å². The molecule has 26 heavy (non-hydrogen) atoms. The summed E-state index contributed by atoms with van der Waals surface area (Å²) in [5, 5.41) is 3.55. The molecular formula is C19H13Cl2FN2O2. The molecule has 132 valence electrons.